The summed E-state index contributed by atoms with van der Waals surface area (Å²) in [6.07, 6.45) is 3.15. The lowest BCUT2D eigenvalue weighted by Crippen LogP contribution is -2.22. The molecule has 10 heteroatoms. The van der Waals surface area contributed by atoms with E-state index in [9.17, 15) is 9.59 Å². The van der Waals surface area contributed by atoms with Gasteiger partial charge in [0.05, 0.1) is 23.5 Å². The summed E-state index contributed by atoms with van der Waals surface area (Å²) < 4.78 is 12.4. The number of H-pyrrole nitrogens is 2. The van der Waals surface area contributed by atoms with Crippen LogP contribution in [-0.4, -0.2) is 30.9 Å². The molecule has 1 amide bonds. The zero-order chi connectivity index (χ0) is 22.8. The lowest BCUT2D eigenvalue weighted by molar-refractivity contribution is -0.115. The molecule has 0 aliphatic rings. The predicted molar refractivity (Wildman–Crippen MR) is 124 cm³/mol. The number of benzene rings is 1. The fourth-order valence-corrected chi connectivity index (χ4v) is 4.09. The van der Waals surface area contributed by atoms with E-state index in [-0.39, 0.29) is 11.5 Å². The van der Waals surface area contributed by atoms with E-state index in [0.717, 1.165) is 0 Å². The van der Waals surface area contributed by atoms with Crippen LogP contribution in [0.2, 0.25) is 0 Å². The summed E-state index contributed by atoms with van der Waals surface area (Å²) in [6.45, 7) is 1.76. The first-order valence-corrected chi connectivity index (χ1v) is 11.0. The second-order valence-corrected chi connectivity index (χ2v) is 8.48. The Morgan fingerprint density at radius 3 is 2.48 bits per heavy atom. The summed E-state index contributed by atoms with van der Waals surface area (Å²) in [5, 5.41) is 5.69. The van der Waals surface area contributed by atoms with Gasteiger partial charge in [-0.1, -0.05) is 30.0 Å². The molecule has 4 heterocycles. The van der Waals surface area contributed by atoms with E-state index in [1.165, 1.54) is 22.5 Å². The first-order chi connectivity index (χ1) is 16.1. The monoisotopic (exact) mass is 461 g/mol. The van der Waals surface area contributed by atoms with E-state index >= 15 is 0 Å². The van der Waals surface area contributed by atoms with Crippen LogP contribution in [0.1, 0.15) is 6.92 Å². The number of anilines is 1. The lowest BCUT2D eigenvalue weighted by atomic mass is 10.2. The quantitative estimate of drug-likeness (QED) is 0.306. The predicted octanol–water partition coefficient (Wildman–Crippen LogP) is 4.53. The molecule has 4 aromatic heterocycles. The van der Waals surface area contributed by atoms with Gasteiger partial charge in [0, 0.05) is 6.07 Å². The van der Waals surface area contributed by atoms with Crippen molar-refractivity contribution in [3.05, 3.63) is 83.5 Å². The van der Waals surface area contributed by atoms with Gasteiger partial charge in [0.1, 0.15) is 17.2 Å². The van der Waals surface area contributed by atoms with Crippen LogP contribution in [0, 0.1) is 0 Å². The molecule has 3 N–H and O–H groups in total. The van der Waals surface area contributed by atoms with Crippen molar-refractivity contribution in [2.24, 2.45) is 0 Å². The fraction of sp³-hybridized carbons (Fsp3) is 0.0870. The normalized spacial score (nSPS) is 12.0. The Labute approximate surface area is 191 Å². The summed E-state index contributed by atoms with van der Waals surface area (Å²) in [5.74, 6) is 1.23. The summed E-state index contributed by atoms with van der Waals surface area (Å²) in [7, 11) is 0. The van der Waals surface area contributed by atoms with Gasteiger partial charge in [-0.3, -0.25) is 14.7 Å². The molecule has 166 valence electrons. The average Bonchev–Trinajstić information content (AvgIpc) is 3.61. The number of hydrogen-bond donors (Lipinski definition) is 3. The lowest BCUT2D eigenvalue weighted by Gasteiger charge is -2.09. The maximum atomic E-state index is 12.8. The average molecular weight is 462 g/mol. The molecule has 0 fully saturated rings. The van der Waals surface area contributed by atoms with E-state index in [1.54, 1.807) is 49.8 Å². The minimum atomic E-state index is -0.506. The summed E-state index contributed by atoms with van der Waals surface area (Å²) in [5.41, 5.74) is 1.66. The Bertz CT molecular complexity index is 1360. The summed E-state index contributed by atoms with van der Waals surface area (Å²) >= 11 is 1.25. The Balaban J connectivity index is 1.33. The van der Waals surface area contributed by atoms with Gasteiger partial charge in [-0.05, 0) is 43.3 Å². The number of nitrogens with one attached hydrogen (secondary N) is 3. The highest BCUT2D eigenvalue weighted by Crippen LogP contribution is 2.34. The third-order valence-electron chi connectivity index (χ3n) is 4.85. The number of para-hydroxylation sites is 1. The molecular formula is C23H19N5O4S. The molecule has 33 heavy (non-hydrogen) atoms. The van der Waals surface area contributed by atoms with Crippen molar-refractivity contribution in [3.8, 4) is 28.6 Å². The van der Waals surface area contributed by atoms with E-state index < -0.39 is 5.25 Å². The van der Waals surface area contributed by atoms with Gasteiger partial charge >= 0.3 is 0 Å². The molecule has 0 aliphatic carbocycles. The molecule has 0 saturated carbocycles. The van der Waals surface area contributed by atoms with E-state index in [1.807, 2.05) is 24.3 Å². The molecule has 5 rings (SSSR count). The SMILES string of the molecule is CC(Sc1nc(-c2ccco2)c(-c2ccco2)[nH]1)C(=O)Nc1cc(=O)n(-c2ccccc2)[nH]1. The highest BCUT2D eigenvalue weighted by molar-refractivity contribution is 8.00. The molecule has 0 bridgehead atoms. The summed E-state index contributed by atoms with van der Waals surface area (Å²) in [4.78, 5) is 32.9. The standard InChI is InChI=1S/C23H19N5O4S/c1-14(22(30)24-18-13-19(29)28(27-18)15-7-3-2-4-8-15)33-23-25-20(16-9-5-11-31-16)21(26-23)17-10-6-12-32-17/h2-14,27H,1H3,(H,24,30)(H,25,26). The third-order valence-corrected chi connectivity index (χ3v) is 5.84. The third kappa shape index (κ3) is 4.28. The largest absolute Gasteiger partial charge is 0.463 e. The maximum Gasteiger partial charge on any atom is 0.273 e. The van der Waals surface area contributed by atoms with E-state index in [0.29, 0.717) is 39.6 Å². The Kier molecular flexibility index (Phi) is 5.49. The number of aromatic nitrogens is 4. The van der Waals surface area contributed by atoms with Crippen molar-refractivity contribution in [2.45, 2.75) is 17.3 Å². The van der Waals surface area contributed by atoms with Crippen molar-refractivity contribution in [1.29, 1.82) is 0 Å². The molecule has 1 aromatic carbocycles. The number of aromatic amines is 2. The van der Waals surface area contributed by atoms with Crippen LogP contribution in [-0.2, 0) is 4.79 Å². The minimum absolute atomic E-state index is 0.269. The van der Waals surface area contributed by atoms with Crippen LogP contribution in [0.25, 0.3) is 28.6 Å². The van der Waals surface area contributed by atoms with Crippen molar-refractivity contribution >= 4 is 23.5 Å². The van der Waals surface area contributed by atoms with Gasteiger partial charge in [0.2, 0.25) is 5.91 Å². The van der Waals surface area contributed by atoms with E-state index in [4.69, 9.17) is 8.83 Å². The maximum absolute atomic E-state index is 12.8. The molecule has 0 radical (unpaired) electrons. The number of carbonyl (C=O) groups excluding carboxylic acids is 1. The van der Waals surface area contributed by atoms with Crippen LogP contribution in [0.3, 0.4) is 0 Å². The minimum Gasteiger partial charge on any atom is -0.463 e. The zero-order valence-corrected chi connectivity index (χ0v) is 18.3. The first kappa shape index (κ1) is 20.7. The molecular weight excluding hydrogens is 442 g/mol. The highest BCUT2D eigenvalue weighted by atomic mass is 32.2. The number of nitrogens with zero attached hydrogens (tertiary/aromatic N) is 2. The molecule has 9 nitrogen and oxygen atoms in total. The van der Waals surface area contributed by atoms with Crippen molar-refractivity contribution in [2.75, 3.05) is 5.32 Å². The van der Waals surface area contributed by atoms with Crippen molar-refractivity contribution < 1.29 is 13.6 Å². The molecule has 0 saturated heterocycles. The van der Waals surface area contributed by atoms with Crippen molar-refractivity contribution in [1.82, 2.24) is 19.7 Å². The Hall–Kier alpha value is -4.18. The van der Waals surface area contributed by atoms with Crippen LogP contribution in [0.15, 0.2) is 92.0 Å². The number of imidazole rings is 1. The number of thioether (sulfide) groups is 1. The molecule has 1 unspecified atom stereocenters. The number of furan rings is 2. The fourth-order valence-electron chi connectivity index (χ4n) is 3.28. The number of carbonyl (C=O) groups is 1. The number of rotatable bonds is 7. The number of hydrogen-bond acceptors (Lipinski definition) is 6. The molecule has 1 atom stereocenters. The van der Waals surface area contributed by atoms with Crippen LogP contribution in [0.4, 0.5) is 5.82 Å². The van der Waals surface area contributed by atoms with Gasteiger partial charge in [-0.2, -0.15) is 0 Å². The molecule has 5 aromatic rings. The van der Waals surface area contributed by atoms with Crippen LogP contribution < -0.4 is 10.9 Å². The van der Waals surface area contributed by atoms with Crippen LogP contribution >= 0.6 is 11.8 Å². The molecule has 0 aliphatic heterocycles. The Morgan fingerprint density at radius 1 is 1.06 bits per heavy atom. The summed E-state index contributed by atoms with van der Waals surface area (Å²) in [6, 6.07) is 17.7. The second kappa shape index (κ2) is 8.75. The second-order valence-electron chi connectivity index (χ2n) is 7.15. The molecule has 0 spiro atoms. The smallest absolute Gasteiger partial charge is 0.273 e. The van der Waals surface area contributed by atoms with Crippen molar-refractivity contribution in [3.63, 3.8) is 0 Å². The van der Waals surface area contributed by atoms with Gasteiger partial charge in [-0.25, -0.2) is 9.67 Å². The zero-order valence-electron chi connectivity index (χ0n) is 17.4. The van der Waals surface area contributed by atoms with Gasteiger partial charge in [-0.15, -0.1) is 0 Å². The first-order valence-electron chi connectivity index (χ1n) is 10.1. The van der Waals surface area contributed by atoms with Crippen LogP contribution in [0.5, 0.6) is 0 Å². The number of amides is 1. The van der Waals surface area contributed by atoms with Gasteiger partial charge < -0.3 is 19.1 Å². The van der Waals surface area contributed by atoms with E-state index in [2.05, 4.69) is 20.4 Å². The topological polar surface area (TPSA) is 122 Å². The van der Waals surface area contributed by atoms with Gasteiger partial charge in [0.15, 0.2) is 16.7 Å². The highest BCUT2D eigenvalue weighted by Gasteiger charge is 2.22. The van der Waals surface area contributed by atoms with Gasteiger partial charge in [0.25, 0.3) is 5.56 Å². The Morgan fingerprint density at radius 2 is 1.79 bits per heavy atom.